The SMILES string of the molecule is COc1ccc(/C=C2\SC(=O)N(Cc3ccc([N+](=O)[O-])cc3)C2=O)cc1OCc1ccccc1Cl. The molecule has 2 amide bonds. The van der Waals surface area contributed by atoms with Crippen molar-refractivity contribution in [1.82, 2.24) is 4.90 Å². The quantitative estimate of drug-likeness (QED) is 0.206. The van der Waals surface area contributed by atoms with Gasteiger partial charge in [-0.15, -0.1) is 0 Å². The van der Waals surface area contributed by atoms with Crippen LogP contribution in [0.15, 0.2) is 71.6 Å². The Hall–Kier alpha value is -3.82. The molecule has 0 atom stereocenters. The predicted octanol–water partition coefficient (Wildman–Crippen LogP) is 6.07. The Bertz CT molecular complexity index is 1330. The van der Waals surface area contributed by atoms with E-state index in [4.69, 9.17) is 21.1 Å². The highest BCUT2D eigenvalue weighted by Gasteiger charge is 2.35. The molecule has 0 saturated carbocycles. The van der Waals surface area contributed by atoms with Gasteiger partial charge in [0.2, 0.25) is 0 Å². The molecule has 8 nitrogen and oxygen atoms in total. The van der Waals surface area contributed by atoms with Crippen molar-refractivity contribution >= 4 is 46.3 Å². The summed E-state index contributed by atoms with van der Waals surface area (Å²) in [5, 5.41) is 11.0. The van der Waals surface area contributed by atoms with E-state index in [1.54, 1.807) is 30.3 Å². The number of halogens is 1. The summed E-state index contributed by atoms with van der Waals surface area (Å²) < 4.78 is 11.3. The summed E-state index contributed by atoms with van der Waals surface area (Å²) in [6.45, 7) is 0.250. The first-order valence-corrected chi connectivity index (χ1v) is 11.6. The first-order chi connectivity index (χ1) is 16.9. The smallest absolute Gasteiger partial charge is 0.293 e. The molecule has 0 unspecified atom stereocenters. The van der Waals surface area contributed by atoms with E-state index in [0.717, 1.165) is 22.2 Å². The Kier molecular flexibility index (Phi) is 7.38. The number of hydrogen-bond donors (Lipinski definition) is 0. The fourth-order valence-electron chi connectivity index (χ4n) is 3.36. The highest BCUT2D eigenvalue weighted by molar-refractivity contribution is 8.18. The maximum Gasteiger partial charge on any atom is 0.293 e. The van der Waals surface area contributed by atoms with E-state index in [1.807, 2.05) is 18.2 Å². The molecule has 10 heteroatoms. The van der Waals surface area contributed by atoms with Gasteiger partial charge in [-0.25, -0.2) is 0 Å². The molecule has 1 heterocycles. The number of nitro groups is 1. The summed E-state index contributed by atoms with van der Waals surface area (Å²) in [7, 11) is 1.53. The van der Waals surface area contributed by atoms with Gasteiger partial charge in [-0.2, -0.15) is 0 Å². The van der Waals surface area contributed by atoms with Crippen LogP contribution in [0.2, 0.25) is 5.02 Å². The van der Waals surface area contributed by atoms with Crippen molar-refractivity contribution in [3.63, 3.8) is 0 Å². The molecule has 3 aromatic rings. The van der Waals surface area contributed by atoms with Crippen LogP contribution in [0.1, 0.15) is 16.7 Å². The van der Waals surface area contributed by atoms with Crippen molar-refractivity contribution in [3.05, 3.63) is 103 Å². The highest BCUT2D eigenvalue weighted by atomic mass is 35.5. The molecule has 1 fully saturated rings. The lowest BCUT2D eigenvalue weighted by Gasteiger charge is -2.13. The highest BCUT2D eigenvalue weighted by Crippen LogP contribution is 2.35. The summed E-state index contributed by atoms with van der Waals surface area (Å²) in [4.78, 5) is 37.1. The molecule has 1 saturated heterocycles. The lowest BCUT2D eigenvalue weighted by atomic mass is 10.1. The zero-order chi connectivity index (χ0) is 24.9. The number of hydrogen-bond acceptors (Lipinski definition) is 7. The van der Waals surface area contributed by atoms with E-state index in [0.29, 0.717) is 27.6 Å². The third-order valence-electron chi connectivity index (χ3n) is 5.19. The van der Waals surface area contributed by atoms with Gasteiger partial charge in [0.25, 0.3) is 16.8 Å². The van der Waals surface area contributed by atoms with E-state index < -0.39 is 16.1 Å². The van der Waals surface area contributed by atoms with Gasteiger partial charge in [-0.05, 0) is 47.2 Å². The Balaban J connectivity index is 1.51. The second kappa shape index (κ2) is 10.6. The fraction of sp³-hybridized carbons (Fsp3) is 0.120. The number of ether oxygens (including phenoxy) is 2. The zero-order valence-corrected chi connectivity index (χ0v) is 20.0. The number of carbonyl (C=O) groups excluding carboxylic acids is 2. The summed E-state index contributed by atoms with van der Waals surface area (Å²) >= 11 is 7.04. The van der Waals surface area contributed by atoms with Gasteiger partial charge in [0, 0.05) is 22.7 Å². The maximum absolute atomic E-state index is 12.9. The molecular weight excluding hydrogens is 492 g/mol. The lowest BCUT2D eigenvalue weighted by molar-refractivity contribution is -0.384. The largest absolute Gasteiger partial charge is 0.493 e. The molecule has 4 rings (SSSR count). The van der Waals surface area contributed by atoms with Gasteiger partial charge in [-0.3, -0.25) is 24.6 Å². The van der Waals surface area contributed by atoms with E-state index in [2.05, 4.69) is 0 Å². The Morgan fingerprint density at radius 3 is 2.49 bits per heavy atom. The number of nitrogens with zero attached hydrogens (tertiary/aromatic N) is 2. The number of carbonyl (C=O) groups is 2. The van der Waals surface area contributed by atoms with Crippen molar-refractivity contribution in [1.29, 1.82) is 0 Å². The molecular formula is C25H19ClN2O6S. The van der Waals surface area contributed by atoms with Crippen molar-refractivity contribution in [2.45, 2.75) is 13.2 Å². The van der Waals surface area contributed by atoms with Crippen LogP contribution in [0.4, 0.5) is 10.5 Å². The van der Waals surface area contributed by atoms with Gasteiger partial charge in [0.05, 0.1) is 23.5 Å². The van der Waals surface area contributed by atoms with Crippen LogP contribution in [0.3, 0.4) is 0 Å². The van der Waals surface area contributed by atoms with Crippen LogP contribution in [-0.4, -0.2) is 28.1 Å². The minimum atomic E-state index is -0.506. The molecule has 0 spiro atoms. The Morgan fingerprint density at radius 1 is 1.06 bits per heavy atom. The van der Waals surface area contributed by atoms with Crippen LogP contribution in [0, 0.1) is 10.1 Å². The van der Waals surface area contributed by atoms with Gasteiger partial charge < -0.3 is 9.47 Å². The van der Waals surface area contributed by atoms with Crippen molar-refractivity contribution in [3.8, 4) is 11.5 Å². The summed E-state index contributed by atoms with van der Waals surface area (Å²) in [5.41, 5.74) is 2.02. The van der Waals surface area contributed by atoms with Crippen LogP contribution >= 0.6 is 23.4 Å². The topological polar surface area (TPSA) is 99.0 Å². The first kappa shape index (κ1) is 24.3. The molecule has 0 radical (unpaired) electrons. The molecule has 3 aromatic carbocycles. The molecule has 178 valence electrons. The standard InChI is InChI=1S/C25H19ClN2O6S/c1-33-21-11-8-17(12-22(21)34-15-18-4-2-3-5-20(18)26)13-23-24(29)27(25(30)35-23)14-16-6-9-19(10-7-16)28(31)32/h2-13H,14-15H2,1H3/b23-13-. The average Bonchev–Trinajstić information content (AvgIpc) is 3.11. The van der Waals surface area contributed by atoms with Crippen LogP contribution in [0.25, 0.3) is 6.08 Å². The van der Waals surface area contributed by atoms with Gasteiger partial charge in [-0.1, -0.05) is 48.0 Å². The van der Waals surface area contributed by atoms with Gasteiger partial charge in [0.1, 0.15) is 6.61 Å². The van der Waals surface area contributed by atoms with Crippen molar-refractivity contribution in [2.75, 3.05) is 7.11 Å². The fourth-order valence-corrected chi connectivity index (χ4v) is 4.39. The summed E-state index contributed by atoms with van der Waals surface area (Å²) in [6.07, 6.45) is 1.61. The zero-order valence-electron chi connectivity index (χ0n) is 18.5. The lowest BCUT2D eigenvalue weighted by Crippen LogP contribution is -2.27. The van der Waals surface area contributed by atoms with E-state index >= 15 is 0 Å². The molecule has 0 N–H and O–H groups in total. The number of imide groups is 1. The number of methoxy groups -OCH3 is 1. The van der Waals surface area contributed by atoms with Gasteiger partial charge in [0.15, 0.2) is 11.5 Å². The van der Waals surface area contributed by atoms with Crippen LogP contribution < -0.4 is 9.47 Å². The number of rotatable bonds is 8. The Labute approximate surface area is 210 Å². The number of amides is 2. The number of nitro benzene ring substituents is 1. The second-order valence-corrected chi connectivity index (χ2v) is 8.88. The third kappa shape index (κ3) is 5.64. The van der Waals surface area contributed by atoms with Crippen molar-refractivity contribution in [2.24, 2.45) is 0 Å². The van der Waals surface area contributed by atoms with E-state index in [9.17, 15) is 19.7 Å². The predicted molar refractivity (Wildman–Crippen MR) is 133 cm³/mol. The molecule has 0 aromatic heterocycles. The monoisotopic (exact) mass is 510 g/mol. The number of benzene rings is 3. The minimum Gasteiger partial charge on any atom is -0.493 e. The molecule has 0 aliphatic carbocycles. The van der Waals surface area contributed by atoms with Crippen molar-refractivity contribution < 1.29 is 24.0 Å². The normalized spacial score (nSPS) is 14.5. The minimum absolute atomic E-state index is 0.0226. The van der Waals surface area contributed by atoms with Crippen LogP contribution in [0.5, 0.6) is 11.5 Å². The maximum atomic E-state index is 12.9. The number of non-ortho nitro benzene ring substituents is 1. The summed E-state index contributed by atoms with van der Waals surface area (Å²) in [6, 6.07) is 18.3. The van der Waals surface area contributed by atoms with E-state index in [-0.39, 0.29) is 23.7 Å². The molecule has 0 bridgehead atoms. The van der Waals surface area contributed by atoms with Gasteiger partial charge >= 0.3 is 0 Å². The molecule has 1 aliphatic heterocycles. The first-order valence-electron chi connectivity index (χ1n) is 10.4. The Morgan fingerprint density at radius 2 is 1.80 bits per heavy atom. The molecule has 1 aliphatic rings. The number of thioether (sulfide) groups is 1. The summed E-state index contributed by atoms with van der Waals surface area (Å²) in [5.74, 6) is 0.541. The second-order valence-electron chi connectivity index (χ2n) is 7.48. The average molecular weight is 511 g/mol. The third-order valence-corrected chi connectivity index (χ3v) is 6.46. The van der Waals surface area contributed by atoms with Crippen LogP contribution in [-0.2, 0) is 17.9 Å². The van der Waals surface area contributed by atoms with E-state index in [1.165, 1.54) is 31.4 Å². The molecule has 35 heavy (non-hydrogen) atoms.